The highest BCUT2D eigenvalue weighted by Crippen LogP contribution is 2.26. The number of benzene rings is 2. The van der Waals surface area contributed by atoms with Gasteiger partial charge in [0.2, 0.25) is 0 Å². The minimum Gasteiger partial charge on any atom is -0.357 e. The fourth-order valence-corrected chi connectivity index (χ4v) is 4.21. The van der Waals surface area contributed by atoms with E-state index in [2.05, 4.69) is 34.0 Å². The Balaban J connectivity index is 1.60. The lowest BCUT2D eigenvalue weighted by molar-refractivity contribution is -0.126. The summed E-state index contributed by atoms with van der Waals surface area (Å²) < 4.78 is 15.3. The normalized spacial score (nSPS) is 11.4. The predicted octanol–water partition coefficient (Wildman–Crippen LogP) is 5.22. The lowest BCUT2D eigenvalue weighted by Gasteiger charge is -2.32. The molecule has 192 valence electrons. The molecule has 0 atom stereocenters. The first-order valence-corrected chi connectivity index (χ1v) is 12.5. The Bertz CT molecular complexity index is 1300. The molecule has 0 aliphatic rings. The predicted molar refractivity (Wildman–Crippen MR) is 144 cm³/mol. The van der Waals surface area contributed by atoms with Crippen molar-refractivity contribution in [1.29, 1.82) is 0 Å². The van der Waals surface area contributed by atoms with Crippen molar-refractivity contribution in [1.82, 2.24) is 20.0 Å². The van der Waals surface area contributed by atoms with Gasteiger partial charge in [0.1, 0.15) is 17.2 Å². The zero-order chi connectivity index (χ0) is 26.4. The SMILES string of the molecule is CCN(CC)c1ccc(CN(C(=O)C(C)(C)n2cc(Cc3ccccc3)nn2)c2ccc(F)cc2)cn1. The van der Waals surface area contributed by atoms with Crippen molar-refractivity contribution in [3.63, 3.8) is 0 Å². The number of hydrogen-bond acceptors (Lipinski definition) is 5. The van der Waals surface area contributed by atoms with Crippen LogP contribution in [0.5, 0.6) is 0 Å². The Hall–Kier alpha value is -4.07. The second-order valence-corrected chi connectivity index (χ2v) is 9.44. The summed E-state index contributed by atoms with van der Waals surface area (Å²) in [5.74, 6) is 0.341. The van der Waals surface area contributed by atoms with Gasteiger partial charge in [-0.05, 0) is 69.2 Å². The quantitative estimate of drug-likeness (QED) is 0.299. The monoisotopic (exact) mass is 500 g/mol. The molecule has 4 aromatic rings. The molecule has 37 heavy (non-hydrogen) atoms. The van der Waals surface area contributed by atoms with Crippen LogP contribution >= 0.6 is 0 Å². The number of pyridine rings is 1. The van der Waals surface area contributed by atoms with Gasteiger partial charge in [-0.1, -0.05) is 41.6 Å². The van der Waals surface area contributed by atoms with Crippen molar-refractivity contribution in [2.24, 2.45) is 0 Å². The highest BCUT2D eigenvalue weighted by Gasteiger charge is 2.36. The van der Waals surface area contributed by atoms with E-state index >= 15 is 0 Å². The molecule has 0 saturated carbocycles. The first-order valence-electron chi connectivity index (χ1n) is 12.5. The molecule has 0 aliphatic heterocycles. The number of rotatable bonds is 10. The van der Waals surface area contributed by atoms with Crippen LogP contribution in [-0.2, 0) is 23.3 Å². The van der Waals surface area contributed by atoms with Gasteiger partial charge in [0.15, 0.2) is 0 Å². The van der Waals surface area contributed by atoms with Crippen LogP contribution in [0.15, 0.2) is 79.1 Å². The largest absolute Gasteiger partial charge is 0.357 e. The van der Waals surface area contributed by atoms with Crippen molar-refractivity contribution >= 4 is 17.4 Å². The van der Waals surface area contributed by atoms with E-state index < -0.39 is 5.54 Å². The maximum Gasteiger partial charge on any atom is 0.254 e. The van der Waals surface area contributed by atoms with Crippen LogP contribution in [0.2, 0.25) is 0 Å². The minimum absolute atomic E-state index is 0.192. The van der Waals surface area contributed by atoms with Gasteiger partial charge in [0.05, 0.1) is 12.2 Å². The minimum atomic E-state index is -1.04. The Morgan fingerprint density at radius 1 is 0.946 bits per heavy atom. The highest BCUT2D eigenvalue weighted by atomic mass is 19.1. The molecule has 0 spiro atoms. The van der Waals surface area contributed by atoms with Crippen LogP contribution in [0.4, 0.5) is 15.9 Å². The topological polar surface area (TPSA) is 67.2 Å². The third-order valence-electron chi connectivity index (χ3n) is 6.49. The third-order valence-corrected chi connectivity index (χ3v) is 6.49. The molecular weight excluding hydrogens is 467 g/mol. The number of anilines is 2. The summed E-state index contributed by atoms with van der Waals surface area (Å²) in [6, 6.07) is 19.9. The van der Waals surface area contributed by atoms with E-state index in [1.807, 2.05) is 62.5 Å². The van der Waals surface area contributed by atoms with Crippen LogP contribution in [0.1, 0.15) is 44.5 Å². The van der Waals surface area contributed by atoms with Gasteiger partial charge >= 0.3 is 0 Å². The fourth-order valence-electron chi connectivity index (χ4n) is 4.21. The molecule has 0 fully saturated rings. The Morgan fingerprint density at radius 2 is 1.65 bits per heavy atom. The van der Waals surface area contributed by atoms with Crippen molar-refractivity contribution in [2.75, 3.05) is 22.9 Å². The molecule has 1 amide bonds. The van der Waals surface area contributed by atoms with Crippen LogP contribution < -0.4 is 9.80 Å². The molecule has 8 heteroatoms. The van der Waals surface area contributed by atoms with Crippen LogP contribution in [0.25, 0.3) is 0 Å². The standard InChI is InChI=1S/C29H33FN6O/c1-5-34(6-2)27-17-12-23(19-31-27)20-35(26-15-13-24(30)14-16-26)28(37)29(3,4)36-21-25(32-33-36)18-22-10-8-7-9-11-22/h7-17,19,21H,5-6,18,20H2,1-4H3. The van der Waals surface area contributed by atoms with E-state index in [1.165, 1.54) is 12.1 Å². The molecule has 0 N–H and O–H groups in total. The number of hydrogen-bond donors (Lipinski definition) is 0. The van der Waals surface area contributed by atoms with Gasteiger partial charge < -0.3 is 9.80 Å². The number of carbonyl (C=O) groups is 1. The van der Waals surface area contributed by atoms with Gasteiger partial charge in [0, 0.05) is 37.6 Å². The second kappa shape index (κ2) is 11.3. The molecular formula is C29H33FN6O. The van der Waals surface area contributed by atoms with E-state index in [-0.39, 0.29) is 18.3 Å². The first-order chi connectivity index (χ1) is 17.8. The number of carbonyl (C=O) groups excluding carboxylic acids is 1. The van der Waals surface area contributed by atoms with Crippen molar-refractivity contribution in [3.8, 4) is 0 Å². The van der Waals surface area contributed by atoms with Crippen LogP contribution in [0, 0.1) is 5.82 Å². The van der Waals surface area contributed by atoms with Gasteiger partial charge in [-0.15, -0.1) is 5.10 Å². The maximum atomic E-state index is 14.0. The number of halogens is 1. The molecule has 2 aromatic carbocycles. The molecule has 2 heterocycles. The second-order valence-electron chi connectivity index (χ2n) is 9.44. The average molecular weight is 501 g/mol. The molecule has 0 bridgehead atoms. The maximum absolute atomic E-state index is 14.0. The molecule has 2 aromatic heterocycles. The Morgan fingerprint density at radius 3 is 2.27 bits per heavy atom. The summed E-state index contributed by atoms with van der Waals surface area (Å²) >= 11 is 0. The summed E-state index contributed by atoms with van der Waals surface area (Å²) in [6.07, 6.45) is 4.23. The lowest BCUT2D eigenvalue weighted by Crippen LogP contribution is -2.47. The van der Waals surface area contributed by atoms with Crippen molar-refractivity contribution < 1.29 is 9.18 Å². The van der Waals surface area contributed by atoms with Gasteiger partial charge in [-0.25, -0.2) is 14.1 Å². The summed E-state index contributed by atoms with van der Waals surface area (Å²) in [5.41, 5.74) is 2.32. The lowest BCUT2D eigenvalue weighted by atomic mass is 10.0. The Labute approximate surface area is 217 Å². The van der Waals surface area contributed by atoms with Gasteiger partial charge in [-0.2, -0.15) is 0 Å². The van der Waals surface area contributed by atoms with E-state index in [9.17, 15) is 9.18 Å². The number of aromatic nitrogens is 4. The highest BCUT2D eigenvalue weighted by molar-refractivity contribution is 5.98. The van der Waals surface area contributed by atoms with Crippen LogP contribution in [-0.4, -0.2) is 39.0 Å². The van der Waals surface area contributed by atoms with E-state index in [4.69, 9.17) is 0 Å². The fraction of sp³-hybridized carbons (Fsp3) is 0.310. The smallest absolute Gasteiger partial charge is 0.254 e. The summed E-state index contributed by atoms with van der Waals surface area (Å²) in [7, 11) is 0. The summed E-state index contributed by atoms with van der Waals surface area (Å²) in [5, 5.41) is 8.60. The molecule has 0 radical (unpaired) electrons. The molecule has 0 saturated heterocycles. The van der Waals surface area contributed by atoms with E-state index in [1.54, 1.807) is 27.9 Å². The van der Waals surface area contributed by atoms with Gasteiger partial charge in [0.25, 0.3) is 5.91 Å². The molecule has 0 unspecified atom stereocenters. The van der Waals surface area contributed by atoms with E-state index in [0.29, 0.717) is 12.1 Å². The van der Waals surface area contributed by atoms with E-state index in [0.717, 1.165) is 35.7 Å². The zero-order valence-corrected chi connectivity index (χ0v) is 21.8. The molecule has 7 nitrogen and oxygen atoms in total. The zero-order valence-electron chi connectivity index (χ0n) is 21.8. The van der Waals surface area contributed by atoms with Crippen LogP contribution in [0.3, 0.4) is 0 Å². The summed E-state index contributed by atoms with van der Waals surface area (Å²) in [4.78, 5) is 22.4. The molecule has 4 rings (SSSR count). The molecule has 0 aliphatic carbocycles. The van der Waals surface area contributed by atoms with Crippen molar-refractivity contribution in [2.45, 2.75) is 46.2 Å². The average Bonchev–Trinajstić information content (AvgIpc) is 3.39. The Kier molecular flexibility index (Phi) is 7.96. The summed E-state index contributed by atoms with van der Waals surface area (Å²) in [6.45, 7) is 9.81. The third kappa shape index (κ3) is 6.02. The van der Waals surface area contributed by atoms with Crippen molar-refractivity contribution in [3.05, 3.63) is 102 Å². The first kappa shape index (κ1) is 26.0. The van der Waals surface area contributed by atoms with Gasteiger partial charge in [-0.3, -0.25) is 4.79 Å². The number of nitrogens with zero attached hydrogens (tertiary/aromatic N) is 6. The number of amides is 1.